The van der Waals surface area contributed by atoms with Gasteiger partial charge in [-0.15, -0.1) is 0 Å². The SMILES string of the molecule is CCCCc1nc(O)c(C(=O)N2CC[C@@H](c3ccccc3)C2)c(=O)n1[C@@H](C)c1cccc(OC)c1. The van der Waals surface area contributed by atoms with E-state index in [-0.39, 0.29) is 17.5 Å². The van der Waals surface area contributed by atoms with Gasteiger partial charge >= 0.3 is 0 Å². The number of hydrogen-bond acceptors (Lipinski definition) is 5. The molecule has 1 aliphatic rings. The zero-order chi connectivity index (χ0) is 24.9. The predicted molar refractivity (Wildman–Crippen MR) is 135 cm³/mol. The number of aryl methyl sites for hydroxylation is 1. The van der Waals surface area contributed by atoms with Gasteiger partial charge in [-0.3, -0.25) is 14.2 Å². The number of ether oxygens (including phenoxy) is 1. The molecule has 1 fully saturated rings. The Morgan fingerprint density at radius 2 is 1.97 bits per heavy atom. The smallest absolute Gasteiger partial charge is 0.270 e. The molecule has 2 aromatic carbocycles. The molecule has 4 rings (SSSR count). The quantitative estimate of drug-likeness (QED) is 0.517. The summed E-state index contributed by atoms with van der Waals surface area (Å²) in [5, 5.41) is 10.8. The van der Waals surface area contributed by atoms with Crippen LogP contribution in [0.5, 0.6) is 11.6 Å². The Kier molecular flexibility index (Phi) is 7.54. The summed E-state index contributed by atoms with van der Waals surface area (Å²) in [5.41, 5.74) is 1.27. The molecule has 184 valence electrons. The first kappa shape index (κ1) is 24.5. The lowest BCUT2D eigenvalue weighted by molar-refractivity contribution is 0.0783. The molecule has 0 aliphatic carbocycles. The molecule has 35 heavy (non-hydrogen) atoms. The normalized spacial score (nSPS) is 16.3. The minimum atomic E-state index is -0.507. The Hall–Kier alpha value is -3.61. The van der Waals surface area contributed by atoms with Gasteiger partial charge in [-0.25, -0.2) is 0 Å². The minimum Gasteiger partial charge on any atom is -0.497 e. The number of benzene rings is 2. The molecule has 3 aromatic rings. The molecule has 7 heteroatoms. The Balaban J connectivity index is 1.71. The van der Waals surface area contributed by atoms with Crippen molar-refractivity contribution < 1.29 is 14.6 Å². The standard InChI is InChI=1S/C28H33N3O4/c1-4-5-14-24-29-26(32)25(27(33)30-16-15-22(18-30)20-10-7-6-8-11-20)28(34)31(24)19(2)21-12-9-13-23(17-21)35-3/h6-13,17,19,22,32H,4-5,14-16,18H2,1-3H3/t19-,22+/m0/s1. The van der Waals surface area contributed by atoms with Crippen molar-refractivity contribution in [1.29, 1.82) is 0 Å². The molecule has 2 heterocycles. The van der Waals surface area contributed by atoms with Crippen molar-refractivity contribution in [1.82, 2.24) is 14.5 Å². The third-order valence-corrected chi connectivity index (χ3v) is 6.85. The van der Waals surface area contributed by atoms with Crippen LogP contribution in [0.25, 0.3) is 0 Å². The van der Waals surface area contributed by atoms with Crippen molar-refractivity contribution in [3.8, 4) is 11.6 Å². The highest BCUT2D eigenvalue weighted by Gasteiger charge is 2.33. The number of aromatic nitrogens is 2. The molecule has 7 nitrogen and oxygen atoms in total. The topological polar surface area (TPSA) is 84.7 Å². The third-order valence-electron chi connectivity index (χ3n) is 6.85. The summed E-state index contributed by atoms with van der Waals surface area (Å²) >= 11 is 0. The molecule has 0 unspecified atom stereocenters. The largest absolute Gasteiger partial charge is 0.497 e. The van der Waals surface area contributed by atoms with Crippen LogP contribution in [0.15, 0.2) is 59.4 Å². The predicted octanol–water partition coefficient (Wildman–Crippen LogP) is 4.54. The second kappa shape index (κ2) is 10.8. The maximum atomic E-state index is 13.8. The first-order valence-corrected chi connectivity index (χ1v) is 12.3. The van der Waals surface area contributed by atoms with Gasteiger partial charge in [0.1, 0.15) is 11.6 Å². The van der Waals surface area contributed by atoms with Crippen LogP contribution in [0.2, 0.25) is 0 Å². The van der Waals surface area contributed by atoms with E-state index in [1.807, 2.05) is 49.4 Å². The van der Waals surface area contributed by atoms with Crippen LogP contribution in [0.4, 0.5) is 0 Å². The van der Waals surface area contributed by atoms with E-state index in [1.165, 1.54) is 5.56 Å². The fraction of sp³-hybridized carbons (Fsp3) is 0.393. The van der Waals surface area contributed by atoms with E-state index in [4.69, 9.17) is 4.74 Å². The molecule has 0 saturated carbocycles. The highest BCUT2D eigenvalue weighted by Crippen LogP contribution is 2.29. The molecular formula is C28H33N3O4. The first-order valence-electron chi connectivity index (χ1n) is 12.3. The number of likely N-dealkylation sites (tertiary alicyclic amines) is 1. The number of carbonyl (C=O) groups is 1. The van der Waals surface area contributed by atoms with Crippen LogP contribution in [0.3, 0.4) is 0 Å². The molecule has 1 aromatic heterocycles. The van der Waals surface area contributed by atoms with Crippen molar-refractivity contribution >= 4 is 5.91 Å². The number of methoxy groups -OCH3 is 1. The number of hydrogen-bond donors (Lipinski definition) is 1. The Labute approximate surface area is 206 Å². The molecule has 0 radical (unpaired) electrons. The lowest BCUT2D eigenvalue weighted by Crippen LogP contribution is -2.38. The number of rotatable bonds is 8. The summed E-state index contributed by atoms with van der Waals surface area (Å²) < 4.78 is 6.92. The number of unbranched alkanes of at least 4 members (excludes halogenated alkanes) is 1. The van der Waals surface area contributed by atoms with E-state index in [1.54, 1.807) is 16.6 Å². The van der Waals surface area contributed by atoms with Crippen molar-refractivity contribution in [2.75, 3.05) is 20.2 Å². The van der Waals surface area contributed by atoms with Crippen LogP contribution in [0, 0.1) is 0 Å². The maximum absolute atomic E-state index is 13.8. The van der Waals surface area contributed by atoms with Crippen molar-refractivity contribution in [2.45, 2.75) is 51.5 Å². The van der Waals surface area contributed by atoms with Gasteiger partial charge in [0.2, 0.25) is 5.88 Å². The number of nitrogens with zero attached hydrogens (tertiary/aromatic N) is 3. The van der Waals surface area contributed by atoms with Gasteiger partial charge in [-0.05, 0) is 43.0 Å². The Morgan fingerprint density at radius 3 is 2.69 bits per heavy atom. The van der Waals surface area contributed by atoms with Crippen molar-refractivity contribution in [3.05, 3.63) is 87.5 Å². The highest BCUT2D eigenvalue weighted by atomic mass is 16.5. The number of carbonyl (C=O) groups excluding carboxylic acids is 1. The van der Waals surface area contributed by atoms with Gasteiger partial charge < -0.3 is 14.7 Å². The molecule has 0 spiro atoms. The van der Waals surface area contributed by atoms with Crippen LogP contribution in [0.1, 0.15) is 72.4 Å². The molecular weight excluding hydrogens is 442 g/mol. The molecule has 1 amide bonds. The average molecular weight is 476 g/mol. The van der Waals surface area contributed by atoms with Crippen LogP contribution in [-0.2, 0) is 6.42 Å². The second-order valence-electron chi connectivity index (χ2n) is 9.11. The lowest BCUT2D eigenvalue weighted by Gasteiger charge is -2.23. The van der Waals surface area contributed by atoms with Crippen LogP contribution >= 0.6 is 0 Å². The van der Waals surface area contributed by atoms with Gasteiger partial charge in [-0.2, -0.15) is 4.98 Å². The van der Waals surface area contributed by atoms with Crippen LogP contribution in [-0.4, -0.2) is 45.7 Å². The maximum Gasteiger partial charge on any atom is 0.270 e. The molecule has 1 saturated heterocycles. The Bertz CT molecular complexity index is 1240. The average Bonchev–Trinajstić information content (AvgIpc) is 3.38. The van der Waals surface area contributed by atoms with Gasteiger partial charge in [0.05, 0.1) is 13.2 Å². The van der Waals surface area contributed by atoms with E-state index >= 15 is 0 Å². The van der Waals surface area contributed by atoms with Gasteiger partial charge in [0, 0.05) is 25.4 Å². The van der Waals surface area contributed by atoms with E-state index in [2.05, 4.69) is 24.0 Å². The summed E-state index contributed by atoms with van der Waals surface area (Å²) in [7, 11) is 1.60. The second-order valence-corrected chi connectivity index (χ2v) is 9.11. The summed E-state index contributed by atoms with van der Waals surface area (Å²) in [6.45, 7) is 4.99. The number of amides is 1. The zero-order valence-electron chi connectivity index (χ0n) is 20.6. The fourth-order valence-corrected chi connectivity index (χ4v) is 4.81. The summed E-state index contributed by atoms with van der Waals surface area (Å²) in [4.78, 5) is 33.3. The monoisotopic (exact) mass is 475 g/mol. The molecule has 0 bridgehead atoms. The highest BCUT2D eigenvalue weighted by molar-refractivity contribution is 5.96. The van der Waals surface area contributed by atoms with E-state index in [0.29, 0.717) is 31.1 Å². The zero-order valence-corrected chi connectivity index (χ0v) is 20.6. The third kappa shape index (κ3) is 5.09. The lowest BCUT2D eigenvalue weighted by atomic mass is 9.99. The summed E-state index contributed by atoms with van der Waals surface area (Å²) in [6, 6.07) is 17.2. The fourth-order valence-electron chi connectivity index (χ4n) is 4.81. The van der Waals surface area contributed by atoms with Gasteiger partial charge in [-0.1, -0.05) is 55.8 Å². The van der Waals surface area contributed by atoms with Crippen molar-refractivity contribution in [2.24, 2.45) is 0 Å². The number of aromatic hydroxyl groups is 1. The summed E-state index contributed by atoms with van der Waals surface area (Å²) in [6.07, 6.45) is 3.07. The van der Waals surface area contributed by atoms with Gasteiger partial charge in [0.25, 0.3) is 11.5 Å². The molecule has 2 atom stereocenters. The molecule has 1 aliphatic heterocycles. The summed E-state index contributed by atoms with van der Waals surface area (Å²) in [5.74, 6) is 0.418. The van der Waals surface area contributed by atoms with E-state index in [0.717, 1.165) is 24.8 Å². The van der Waals surface area contributed by atoms with Gasteiger partial charge in [0.15, 0.2) is 5.56 Å². The van der Waals surface area contributed by atoms with E-state index in [9.17, 15) is 14.7 Å². The van der Waals surface area contributed by atoms with Crippen LogP contribution < -0.4 is 10.3 Å². The van der Waals surface area contributed by atoms with Crippen molar-refractivity contribution in [3.63, 3.8) is 0 Å². The molecule has 1 N–H and O–H groups in total. The Morgan fingerprint density at radius 1 is 1.20 bits per heavy atom. The van der Waals surface area contributed by atoms with E-state index < -0.39 is 17.3 Å². The minimum absolute atomic E-state index is 0.206. The first-order chi connectivity index (χ1) is 16.9.